The highest BCUT2D eigenvalue weighted by Crippen LogP contribution is 2.39. The molecule has 0 unspecified atom stereocenters. The predicted molar refractivity (Wildman–Crippen MR) is 113 cm³/mol. The Balaban J connectivity index is 1.36. The van der Waals surface area contributed by atoms with Crippen LogP contribution >= 0.6 is 0 Å². The number of likely N-dealkylation sites (tertiary alicyclic amines) is 1. The topological polar surface area (TPSA) is 78.9 Å². The first-order chi connectivity index (χ1) is 15.0. The molecule has 0 radical (unpaired) electrons. The van der Waals surface area contributed by atoms with Gasteiger partial charge in [0.1, 0.15) is 17.2 Å². The summed E-state index contributed by atoms with van der Waals surface area (Å²) in [6.07, 6.45) is 5.48. The lowest BCUT2D eigenvalue weighted by Crippen LogP contribution is -2.51. The molecule has 0 aromatic heterocycles. The molecule has 2 aromatic rings. The van der Waals surface area contributed by atoms with E-state index in [1.54, 1.807) is 18.2 Å². The molecule has 1 spiro atoms. The van der Waals surface area contributed by atoms with Gasteiger partial charge < -0.3 is 9.64 Å². The van der Waals surface area contributed by atoms with E-state index < -0.39 is 11.5 Å². The third kappa shape index (κ3) is 5.00. The van der Waals surface area contributed by atoms with Gasteiger partial charge in [-0.1, -0.05) is 18.2 Å². The van der Waals surface area contributed by atoms with Gasteiger partial charge in [0.25, 0.3) is 5.91 Å². The Kier molecular flexibility index (Phi) is 6.15. The summed E-state index contributed by atoms with van der Waals surface area (Å²) in [7, 11) is 0. The van der Waals surface area contributed by atoms with Crippen molar-refractivity contribution in [3.05, 3.63) is 71.0 Å². The van der Waals surface area contributed by atoms with Crippen LogP contribution in [-0.2, 0) is 11.2 Å². The lowest BCUT2D eigenvalue weighted by molar-refractivity contribution is -0.124. The number of amides is 1. The number of carbonyl (C=O) groups is 2. The highest BCUT2D eigenvalue weighted by atomic mass is 19.1. The SMILES string of the molecule is O=C(C=Cc1ccc2c(c1)C(=O)CC1(CCN(CCc3ccc(F)cc3)CC1)O2)NO. The standard InChI is InChI=1S/C24H25FN2O4/c25-19-5-1-17(2-6-19)9-12-27-13-10-24(11-14-27)16-21(28)20-15-18(3-7-22(20)31-24)4-8-23(29)26-30/h1-8,15,30H,9-14,16H2,(H,26,29). The maximum absolute atomic E-state index is 13.0. The van der Waals surface area contributed by atoms with Crippen LogP contribution in [0.5, 0.6) is 5.75 Å². The molecule has 2 N–H and O–H groups in total. The zero-order valence-electron chi connectivity index (χ0n) is 17.1. The number of piperidine rings is 1. The van der Waals surface area contributed by atoms with Crippen LogP contribution < -0.4 is 10.2 Å². The number of nitrogens with zero attached hydrogens (tertiary/aromatic N) is 1. The number of rotatable bonds is 5. The molecular weight excluding hydrogens is 399 g/mol. The minimum Gasteiger partial charge on any atom is -0.486 e. The number of hydroxylamine groups is 1. The molecular formula is C24H25FN2O4. The Morgan fingerprint density at radius 3 is 2.65 bits per heavy atom. The van der Waals surface area contributed by atoms with Gasteiger partial charge in [0.15, 0.2) is 5.78 Å². The Labute approximate surface area is 180 Å². The van der Waals surface area contributed by atoms with Crippen LogP contribution in [0.1, 0.15) is 40.7 Å². The molecule has 1 amide bonds. The van der Waals surface area contributed by atoms with Gasteiger partial charge >= 0.3 is 0 Å². The Bertz CT molecular complexity index is 995. The zero-order chi connectivity index (χ0) is 21.8. The number of carbonyl (C=O) groups excluding carboxylic acids is 2. The number of ketones is 1. The summed E-state index contributed by atoms with van der Waals surface area (Å²) in [4.78, 5) is 26.4. The van der Waals surface area contributed by atoms with E-state index in [4.69, 9.17) is 9.94 Å². The number of nitrogens with one attached hydrogen (secondary N) is 1. The van der Waals surface area contributed by atoms with Crippen LogP contribution in [0.25, 0.3) is 6.08 Å². The Hall–Kier alpha value is -3.03. The van der Waals surface area contributed by atoms with E-state index in [1.807, 2.05) is 12.1 Å². The number of hydrogen-bond donors (Lipinski definition) is 2. The molecule has 2 aliphatic heterocycles. The first-order valence-corrected chi connectivity index (χ1v) is 10.4. The summed E-state index contributed by atoms with van der Waals surface area (Å²) in [6.45, 7) is 2.59. The van der Waals surface area contributed by atoms with Gasteiger partial charge in [-0.25, -0.2) is 9.87 Å². The first kappa shape index (κ1) is 21.2. The van der Waals surface area contributed by atoms with Gasteiger partial charge in [-0.2, -0.15) is 0 Å². The third-order valence-corrected chi connectivity index (χ3v) is 6.05. The molecule has 0 atom stereocenters. The van der Waals surface area contributed by atoms with Crippen LogP contribution in [0.2, 0.25) is 0 Å². The molecule has 7 heteroatoms. The quantitative estimate of drug-likeness (QED) is 0.437. The third-order valence-electron chi connectivity index (χ3n) is 6.05. The van der Waals surface area contributed by atoms with Gasteiger partial charge in [-0.05, 0) is 47.9 Å². The van der Waals surface area contributed by atoms with Crippen LogP contribution in [-0.4, -0.2) is 47.0 Å². The smallest absolute Gasteiger partial charge is 0.267 e. The summed E-state index contributed by atoms with van der Waals surface area (Å²) in [5, 5.41) is 8.57. The van der Waals surface area contributed by atoms with Gasteiger partial charge in [0.05, 0.1) is 12.0 Å². The van der Waals surface area contributed by atoms with Crippen LogP contribution in [0, 0.1) is 5.82 Å². The van der Waals surface area contributed by atoms with Crippen molar-refractivity contribution in [2.75, 3.05) is 19.6 Å². The summed E-state index contributed by atoms with van der Waals surface area (Å²) in [5.41, 5.74) is 3.39. The summed E-state index contributed by atoms with van der Waals surface area (Å²) >= 11 is 0. The van der Waals surface area contributed by atoms with Crippen LogP contribution in [0.4, 0.5) is 4.39 Å². The minimum atomic E-state index is -0.634. The second-order valence-electron chi connectivity index (χ2n) is 8.17. The highest BCUT2D eigenvalue weighted by Gasteiger charge is 2.42. The number of halogens is 1. The molecule has 2 aromatic carbocycles. The molecule has 31 heavy (non-hydrogen) atoms. The second kappa shape index (κ2) is 8.99. The average Bonchev–Trinajstić information content (AvgIpc) is 2.78. The van der Waals surface area contributed by atoms with Crippen molar-refractivity contribution in [3.8, 4) is 5.75 Å². The fourth-order valence-electron chi connectivity index (χ4n) is 4.23. The number of ether oxygens (including phenoxy) is 1. The summed E-state index contributed by atoms with van der Waals surface area (Å²) in [5.74, 6) is -0.227. The van der Waals surface area contributed by atoms with Crippen molar-refractivity contribution in [2.45, 2.75) is 31.3 Å². The van der Waals surface area contributed by atoms with Gasteiger partial charge in [0.2, 0.25) is 0 Å². The Morgan fingerprint density at radius 1 is 1.19 bits per heavy atom. The number of benzene rings is 2. The summed E-state index contributed by atoms with van der Waals surface area (Å²) < 4.78 is 19.4. The fourth-order valence-corrected chi connectivity index (χ4v) is 4.23. The van der Waals surface area contributed by atoms with Crippen LogP contribution in [0.15, 0.2) is 48.5 Å². The molecule has 162 valence electrons. The van der Waals surface area contributed by atoms with Crippen molar-refractivity contribution in [1.29, 1.82) is 0 Å². The van der Waals surface area contributed by atoms with E-state index in [0.717, 1.165) is 44.5 Å². The molecule has 1 fully saturated rings. The van der Waals surface area contributed by atoms with E-state index in [-0.39, 0.29) is 11.6 Å². The highest BCUT2D eigenvalue weighted by molar-refractivity contribution is 6.01. The molecule has 0 saturated carbocycles. The number of hydrogen-bond acceptors (Lipinski definition) is 5. The first-order valence-electron chi connectivity index (χ1n) is 10.4. The van der Waals surface area contributed by atoms with E-state index in [0.29, 0.717) is 23.3 Å². The molecule has 4 rings (SSSR count). The second-order valence-corrected chi connectivity index (χ2v) is 8.17. The largest absolute Gasteiger partial charge is 0.486 e. The number of fused-ring (bicyclic) bond motifs is 1. The van der Waals surface area contributed by atoms with E-state index in [9.17, 15) is 14.0 Å². The molecule has 1 saturated heterocycles. The summed E-state index contributed by atoms with van der Waals surface area (Å²) in [6, 6.07) is 11.9. The maximum Gasteiger partial charge on any atom is 0.267 e. The van der Waals surface area contributed by atoms with Crippen molar-refractivity contribution in [2.24, 2.45) is 0 Å². The Morgan fingerprint density at radius 2 is 1.94 bits per heavy atom. The minimum absolute atomic E-state index is 0.0443. The van der Waals surface area contributed by atoms with Crippen LogP contribution in [0.3, 0.4) is 0 Å². The van der Waals surface area contributed by atoms with E-state index in [1.165, 1.54) is 29.8 Å². The van der Waals surface area contributed by atoms with E-state index >= 15 is 0 Å². The maximum atomic E-state index is 13.0. The van der Waals surface area contributed by atoms with Crippen molar-refractivity contribution in [3.63, 3.8) is 0 Å². The van der Waals surface area contributed by atoms with Gasteiger partial charge in [0, 0.05) is 38.6 Å². The van der Waals surface area contributed by atoms with Crippen molar-refractivity contribution >= 4 is 17.8 Å². The lowest BCUT2D eigenvalue weighted by Gasteiger charge is -2.44. The van der Waals surface area contributed by atoms with Gasteiger partial charge in [-0.15, -0.1) is 0 Å². The fraction of sp³-hybridized carbons (Fsp3) is 0.333. The molecule has 2 heterocycles. The van der Waals surface area contributed by atoms with E-state index in [2.05, 4.69) is 4.90 Å². The average molecular weight is 424 g/mol. The molecule has 6 nitrogen and oxygen atoms in total. The number of Topliss-reactive ketones (excluding diaryl/α,β-unsaturated/α-hetero) is 1. The monoisotopic (exact) mass is 424 g/mol. The van der Waals surface area contributed by atoms with Gasteiger partial charge in [-0.3, -0.25) is 14.8 Å². The normalized spacial score (nSPS) is 18.1. The lowest BCUT2D eigenvalue weighted by atomic mass is 9.82. The molecule has 0 aliphatic carbocycles. The molecule has 2 aliphatic rings. The van der Waals surface area contributed by atoms with Crippen molar-refractivity contribution < 1.29 is 23.9 Å². The molecule has 0 bridgehead atoms. The predicted octanol–water partition coefficient (Wildman–Crippen LogP) is 3.39. The van der Waals surface area contributed by atoms with Crippen molar-refractivity contribution in [1.82, 2.24) is 10.4 Å². The zero-order valence-corrected chi connectivity index (χ0v) is 17.1.